The van der Waals surface area contributed by atoms with Crippen LogP contribution in [0.4, 0.5) is 23.0 Å². The van der Waals surface area contributed by atoms with Gasteiger partial charge in [0, 0.05) is 11.8 Å². The lowest BCUT2D eigenvalue weighted by Gasteiger charge is -2.14. The molecule has 25 heavy (non-hydrogen) atoms. The molecule has 0 aliphatic carbocycles. The molecule has 5 nitrogen and oxygen atoms in total. The highest BCUT2D eigenvalue weighted by Crippen LogP contribution is 2.27. The Morgan fingerprint density at radius 2 is 1.48 bits per heavy atom. The Balaban J connectivity index is 1.84. The fourth-order valence-corrected chi connectivity index (χ4v) is 2.57. The Morgan fingerprint density at radius 3 is 2.16 bits per heavy atom. The lowest BCUT2D eigenvalue weighted by Crippen LogP contribution is -2.02. The monoisotopic (exact) mass is 329 g/mol. The van der Waals surface area contributed by atoms with Crippen molar-refractivity contribution in [2.75, 3.05) is 10.6 Å². The van der Waals surface area contributed by atoms with E-state index in [2.05, 4.69) is 46.6 Å². The normalized spacial score (nSPS) is 10.3. The first-order valence-corrected chi connectivity index (χ1v) is 8.11. The molecule has 0 aliphatic rings. The van der Waals surface area contributed by atoms with Gasteiger partial charge in [-0.15, -0.1) is 0 Å². The summed E-state index contributed by atoms with van der Waals surface area (Å²) >= 11 is 0. The van der Waals surface area contributed by atoms with Crippen molar-refractivity contribution in [2.24, 2.45) is 0 Å². The summed E-state index contributed by atoms with van der Waals surface area (Å²) in [6.45, 7) is 4.32. The molecule has 124 valence electrons. The highest BCUT2D eigenvalue weighted by Gasteiger charge is 2.08. The van der Waals surface area contributed by atoms with E-state index in [4.69, 9.17) is 0 Å². The van der Waals surface area contributed by atoms with E-state index in [0.29, 0.717) is 23.1 Å². The summed E-state index contributed by atoms with van der Waals surface area (Å²) in [5, 5.41) is 15.7. The van der Waals surface area contributed by atoms with Crippen molar-refractivity contribution >= 4 is 23.0 Å². The van der Waals surface area contributed by atoms with Crippen LogP contribution in [0, 0.1) is 11.3 Å². The minimum Gasteiger partial charge on any atom is -0.340 e. The number of rotatable bonds is 5. The molecule has 2 N–H and O–H groups in total. The molecule has 0 bridgehead atoms. The molecule has 0 amide bonds. The van der Waals surface area contributed by atoms with Crippen LogP contribution in [0.2, 0.25) is 0 Å². The minimum absolute atomic E-state index is 0.408. The van der Waals surface area contributed by atoms with Crippen LogP contribution in [-0.4, -0.2) is 9.97 Å². The van der Waals surface area contributed by atoms with E-state index in [-0.39, 0.29) is 0 Å². The van der Waals surface area contributed by atoms with E-state index < -0.39 is 0 Å². The van der Waals surface area contributed by atoms with Crippen molar-refractivity contribution in [1.82, 2.24) is 9.97 Å². The maximum atomic E-state index is 9.19. The van der Waals surface area contributed by atoms with Gasteiger partial charge in [-0.05, 0) is 29.7 Å². The Morgan fingerprint density at radius 1 is 0.880 bits per heavy atom. The van der Waals surface area contributed by atoms with Gasteiger partial charge < -0.3 is 10.6 Å². The number of nitrogens with zero attached hydrogens (tertiary/aromatic N) is 3. The molecular weight excluding hydrogens is 310 g/mol. The van der Waals surface area contributed by atoms with Crippen LogP contribution in [0.3, 0.4) is 0 Å². The topological polar surface area (TPSA) is 73.6 Å². The van der Waals surface area contributed by atoms with Gasteiger partial charge in [-0.2, -0.15) is 5.26 Å². The molecule has 1 heterocycles. The Bertz CT molecular complexity index is 912. The number of hydrogen-bond donors (Lipinski definition) is 2. The van der Waals surface area contributed by atoms with Gasteiger partial charge in [0.2, 0.25) is 0 Å². The minimum atomic E-state index is 0.408. The summed E-state index contributed by atoms with van der Waals surface area (Å²) in [4.78, 5) is 8.53. The lowest BCUT2D eigenvalue weighted by atomic mass is 10.0. The fourth-order valence-electron chi connectivity index (χ4n) is 2.57. The van der Waals surface area contributed by atoms with Crippen LogP contribution in [0.1, 0.15) is 30.9 Å². The second-order valence-electron chi connectivity index (χ2n) is 5.94. The molecule has 2 aromatic carbocycles. The van der Waals surface area contributed by atoms with E-state index >= 15 is 0 Å². The first kappa shape index (κ1) is 16.5. The van der Waals surface area contributed by atoms with Crippen LogP contribution in [-0.2, 0) is 0 Å². The Kier molecular flexibility index (Phi) is 4.91. The van der Waals surface area contributed by atoms with E-state index in [0.717, 1.165) is 11.4 Å². The van der Waals surface area contributed by atoms with Crippen molar-refractivity contribution in [1.29, 1.82) is 5.26 Å². The molecule has 0 spiro atoms. The average molecular weight is 329 g/mol. The number of aromatic nitrogens is 2. The van der Waals surface area contributed by atoms with E-state index in [1.54, 1.807) is 6.07 Å². The average Bonchev–Trinajstić information content (AvgIpc) is 2.63. The summed E-state index contributed by atoms with van der Waals surface area (Å²) in [7, 11) is 0. The Hall–Kier alpha value is -3.39. The summed E-state index contributed by atoms with van der Waals surface area (Å²) in [6, 6.07) is 19.5. The van der Waals surface area contributed by atoms with Gasteiger partial charge in [0.25, 0.3) is 0 Å². The molecule has 3 aromatic rings. The maximum absolute atomic E-state index is 9.19. The molecular formula is C20H19N5. The summed E-state index contributed by atoms with van der Waals surface area (Å²) in [6.07, 6.45) is 1.50. The van der Waals surface area contributed by atoms with Crippen LogP contribution in [0.5, 0.6) is 0 Å². The first-order valence-electron chi connectivity index (χ1n) is 8.11. The number of anilines is 4. The maximum Gasteiger partial charge on any atom is 0.135 e. The van der Waals surface area contributed by atoms with Crippen LogP contribution in [0.25, 0.3) is 0 Å². The number of para-hydroxylation sites is 2. The second-order valence-corrected chi connectivity index (χ2v) is 5.94. The molecule has 5 heteroatoms. The number of nitriles is 1. The lowest BCUT2D eigenvalue weighted by molar-refractivity contribution is 0.869. The Labute approximate surface area is 147 Å². The molecule has 0 atom stereocenters. The van der Waals surface area contributed by atoms with Crippen LogP contribution < -0.4 is 10.6 Å². The smallest absolute Gasteiger partial charge is 0.135 e. The van der Waals surface area contributed by atoms with Crippen LogP contribution in [0.15, 0.2) is 60.9 Å². The van der Waals surface area contributed by atoms with Gasteiger partial charge in [-0.25, -0.2) is 9.97 Å². The predicted octanol–water partition coefficient (Wildman–Crippen LogP) is 4.96. The van der Waals surface area contributed by atoms with Crippen molar-refractivity contribution in [3.63, 3.8) is 0 Å². The zero-order chi connectivity index (χ0) is 17.6. The van der Waals surface area contributed by atoms with Gasteiger partial charge in [-0.1, -0.05) is 44.2 Å². The van der Waals surface area contributed by atoms with E-state index in [9.17, 15) is 5.26 Å². The highest BCUT2D eigenvalue weighted by atomic mass is 15.1. The van der Waals surface area contributed by atoms with Crippen LogP contribution >= 0.6 is 0 Å². The third-order valence-corrected chi connectivity index (χ3v) is 3.82. The third kappa shape index (κ3) is 3.93. The highest BCUT2D eigenvalue weighted by molar-refractivity contribution is 5.68. The van der Waals surface area contributed by atoms with Gasteiger partial charge in [0.05, 0.1) is 11.3 Å². The molecule has 0 unspecified atom stereocenters. The van der Waals surface area contributed by atoms with Gasteiger partial charge in [0.1, 0.15) is 24.0 Å². The number of benzene rings is 2. The van der Waals surface area contributed by atoms with Crippen molar-refractivity contribution in [3.8, 4) is 6.07 Å². The second kappa shape index (κ2) is 7.45. The molecule has 0 aliphatic heterocycles. The summed E-state index contributed by atoms with van der Waals surface area (Å²) < 4.78 is 0. The van der Waals surface area contributed by atoms with Crippen molar-refractivity contribution in [2.45, 2.75) is 19.8 Å². The molecule has 0 saturated carbocycles. The van der Waals surface area contributed by atoms with E-state index in [1.807, 2.05) is 42.5 Å². The standard InChI is InChI=1S/C20H19N5/c1-14(2)16-8-4-6-10-18(16)25-20-11-19(22-13-23-20)24-17-9-5-3-7-15(17)12-21/h3-11,13-14H,1-2H3,(H2,22,23,24,25). The summed E-state index contributed by atoms with van der Waals surface area (Å²) in [5.74, 6) is 1.73. The molecule has 0 radical (unpaired) electrons. The zero-order valence-corrected chi connectivity index (χ0v) is 14.2. The van der Waals surface area contributed by atoms with Crippen molar-refractivity contribution < 1.29 is 0 Å². The molecule has 1 aromatic heterocycles. The van der Waals surface area contributed by atoms with Gasteiger partial charge in [0.15, 0.2) is 0 Å². The van der Waals surface area contributed by atoms with Gasteiger partial charge >= 0.3 is 0 Å². The SMILES string of the molecule is CC(C)c1ccccc1Nc1cc(Nc2ccccc2C#N)ncn1. The number of hydrogen-bond acceptors (Lipinski definition) is 5. The zero-order valence-electron chi connectivity index (χ0n) is 14.2. The molecule has 0 saturated heterocycles. The predicted molar refractivity (Wildman–Crippen MR) is 100 cm³/mol. The number of nitrogens with one attached hydrogen (secondary N) is 2. The van der Waals surface area contributed by atoms with E-state index in [1.165, 1.54) is 11.9 Å². The molecule has 3 rings (SSSR count). The molecule has 0 fully saturated rings. The fraction of sp³-hybridized carbons (Fsp3) is 0.150. The summed E-state index contributed by atoms with van der Waals surface area (Å²) in [5.41, 5.74) is 3.54. The third-order valence-electron chi connectivity index (χ3n) is 3.82. The quantitative estimate of drug-likeness (QED) is 0.692. The van der Waals surface area contributed by atoms with Crippen molar-refractivity contribution in [3.05, 3.63) is 72.1 Å². The largest absolute Gasteiger partial charge is 0.340 e. The first-order chi connectivity index (χ1) is 12.2. The van der Waals surface area contributed by atoms with Gasteiger partial charge in [-0.3, -0.25) is 0 Å².